The maximum Gasteiger partial charge on any atom is 0.256 e. The topological polar surface area (TPSA) is 46.2 Å². The lowest BCUT2D eigenvalue weighted by atomic mass is 9.98. The minimum atomic E-state index is -0.277. The second-order valence-corrected chi connectivity index (χ2v) is 5.95. The molecule has 3 aromatic rings. The molecule has 0 atom stereocenters. The molecular weight excluding hydrogens is 310 g/mol. The molecule has 0 heterocycles. The number of Topliss-reactive ketones (excluding diaryl/α,β-unsaturated/α-hetero) is 1. The zero-order valence-corrected chi connectivity index (χ0v) is 14.0. The standard InChI is InChI=1S/C22H19NO2/c1-16-11-13-18(14-12-16)23-22(25)20-10-6-5-9-19(20)21(24)15-17-7-3-2-4-8-17/h2-14H,15H2,1H3,(H,23,25). The average Bonchev–Trinajstić information content (AvgIpc) is 2.64. The van der Waals surface area contributed by atoms with Gasteiger partial charge in [-0.1, -0.05) is 66.2 Å². The third-order valence-electron chi connectivity index (χ3n) is 3.99. The fraction of sp³-hybridized carbons (Fsp3) is 0.0909. The van der Waals surface area contributed by atoms with Gasteiger partial charge in [-0.3, -0.25) is 9.59 Å². The van der Waals surface area contributed by atoms with Gasteiger partial charge in [0.25, 0.3) is 5.91 Å². The molecule has 0 saturated heterocycles. The molecule has 1 N–H and O–H groups in total. The molecule has 0 fully saturated rings. The van der Waals surface area contributed by atoms with Gasteiger partial charge in [0.15, 0.2) is 5.78 Å². The summed E-state index contributed by atoms with van der Waals surface area (Å²) in [4.78, 5) is 25.3. The Morgan fingerprint density at radius 1 is 0.760 bits per heavy atom. The van der Waals surface area contributed by atoms with Crippen molar-refractivity contribution in [1.29, 1.82) is 0 Å². The van der Waals surface area contributed by atoms with Crippen LogP contribution in [0.3, 0.4) is 0 Å². The molecule has 0 aliphatic rings. The number of hydrogen-bond donors (Lipinski definition) is 1. The number of carbonyl (C=O) groups is 2. The summed E-state index contributed by atoms with van der Waals surface area (Å²) in [6.45, 7) is 1.99. The largest absolute Gasteiger partial charge is 0.322 e. The normalized spacial score (nSPS) is 10.3. The summed E-state index contributed by atoms with van der Waals surface area (Å²) in [5, 5.41) is 2.85. The molecule has 3 aromatic carbocycles. The third-order valence-corrected chi connectivity index (χ3v) is 3.99. The van der Waals surface area contributed by atoms with Crippen molar-refractivity contribution in [2.24, 2.45) is 0 Å². The minimum Gasteiger partial charge on any atom is -0.322 e. The van der Waals surface area contributed by atoms with Gasteiger partial charge in [0.1, 0.15) is 0 Å². The summed E-state index contributed by atoms with van der Waals surface area (Å²) in [6.07, 6.45) is 0.273. The van der Waals surface area contributed by atoms with Crippen molar-refractivity contribution in [3.8, 4) is 0 Å². The van der Waals surface area contributed by atoms with Crippen molar-refractivity contribution < 1.29 is 9.59 Å². The zero-order chi connectivity index (χ0) is 17.6. The van der Waals surface area contributed by atoms with E-state index in [0.29, 0.717) is 16.8 Å². The van der Waals surface area contributed by atoms with Crippen LogP contribution in [-0.2, 0) is 6.42 Å². The maximum atomic E-state index is 12.7. The molecule has 0 spiro atoms. The molecule has 124 valence electrons. The highest BCUT2D eigenvalue weighted by Crippen LogP contribution is 2.16. The molecular formula is C22H19NO2. The number of nitrogens with one attached hydrogen (secondary N) is 1. The number of hydrogen-bond acceptors (Lipinski definition) is 2. The molecule has 0 aliphatic carbocycles. The fourth-order valence-electron chi connectivity index (χ4n) is 2.64. The maximum absolute atomic E-state index is 12.7. The van der Waals surface area contributed by atoms with Gasteiger partial charge in [-0.25, -0.2) is 0 Å². The second-order valence-electron chi connectivity index (χ2n) is 5.95. The van der Waals surface area contributed by atoms with E-state index >= 15 is 0 Å². The lowest BCUT2D eigenvalue weighted by molar-refractivity contribution is 0.0972. The molecule has 3 rings (SSSR count). The quantitative estimate of drug-likeness (QED) is 0.691. The Hall–Kier alpha value is -3.20. The summed E-state index contributed by atoms with van der Waals surface area (Å²) in [5.41, 5.74) is 3.60. The summed E-state index contributed by atoms with van der Waals surface area (Å²) in [7, 11) is 0. The van der Waals surface area contributed by atoms with E-state index in [0.717, 1.165) is 11.1 Å². The van der Waals surface area contributed by atoms with E-state index in [-0.39, 0.29) is 18.1 Å². The van der Waals surface area contributed by atoms with Crippen molar-refractivity contribution in [3.05, 3.63) is 101 Å². The highest BCUT2D eigenvalue weighted by molar-refractivity contribution is 6.13. The van der Waals surface area contributed by atoms with Gasteiger partial charge in [-0.2, -0.15) is 0 Å². The molecule has 25 heavy (non-hydrogen) atoms. The molecule has 3 heteroatoms. The zero-order valence-electron chi connectivity index (χ0n) is 14.0. The van der Waals surface area contributed by atoms with Crippen LogP contribution in [0.15, 0.2) is 78.9 Å². The molecule has 0 bridgehead atoms. The van der Waals surface area contributed by atoms with Crippen LogP contribution in [0.2, 0.25) is 0 Å². The van der Waals surface area contributed by atoms with Gasteiger partial charge in [-0.05, 0) is 30.7 Å². The molecule has 3 nitrogen and oxygen atoms in total. The van der Waals surface area contributed by atoms with E-state index in [1.807, 2.05) is 61.5 Å². The first-order chi connectivity index (χ1) is 12.1. The van der Waals surface area contributed by atoms with E-state index in [1.165, 1.54) is 0 Å². The molecule has 0 aliphatic heterocycles. The number of anilines is 1. The number of rotatable bonds is 5. The SMILES string of the molecule is Cc1ccc(NC(=O)c2ccccc2C(=O)Cc2ccccc2)cc1. The van der Waals surface area contributed by atoms with Crippen LogP contribution in [0.1, 0.15) is 31.8 Å². The summed E-state index contributed by atoms with van der Waals surface area (Å²) >= 11 is 0. The van der Waals surface area contributed by atoms with Gasteiger partial charge in [0.05, 0.1) is 5.56 Å². The molecule has 0 saturated carbocycles. The number of carbonyl (C=O) groups excluding carboxylic acids is 2. The first-order valence-corrected chi connectivity index (χ1v) is 8.17. The fourth-order valence-corrected chi connectivity index (χ4v) is 2.64. The van der Waals surface area contributed by atoms with Crippen LogP contribution in [0.4, 0.5) is 5.69 Å². The number of aryl methyl sites for hydroxylation is 1. The molecule has 0 radical (unpaired) electrons. The van der Waals surface area contributed by atoms with Crippen LogP contribution in [0.5, 0.6) is 0 Å². The highest BCUT2D eigenvalue weighted by Gasteiger charge is 2.17. The van der Waals surface area contributed by atoms with Gasteiger partial charge in [0, 0.05) is 17.7 Å². The lowest BCUT2D eigenvalue weighted by Crippen LogP contribution is -2.17. The highest BCUT2D eigenvalue weighted by atomic mass is 16.2. The van der Waals surface area contributed by atoms with E-state index < -0.39 is 0 Å². The lowest BCUT2D eigenvalue weighted by Gasteiger charge is -2.10. The Balaban J connectivity index is 1.81. The third kappa shape index (κ3) is 4.21. The van der Waals surface area contributed by atoms with E-state index in [1.54, 1.807) is 24.3 Å². The molecule has 0 aromatic heterocycles. The van der Waals surface area contributed by atoms with Gasteiger partial charge in [0.2, 0.25) is 0 Å². The van der Waals surface area contributed by atoms with Crippen LogP contribution < -0.4 is 5.32 Å². The Morgan fingerprint density at radius 3 is 2.04 bits per heavy atom. The average molecular weight is 329 g/mol. The van der Waals surface area contributed by atoms with Crippen LogP contribution >= 0.6 is 0 Å². The van der Waals surface area contributed by atoms with Gasteiger partial charge >= 0.3 is 0 Å². The van der Waals surface area contributed by atoms with Crippen molar-refractivity contribution in [2.45, 2.75) is 13.3 Å². The number of benzene rings is 3. The summed E-state index contributed by atoms with van der Waals surface area (Å²) in [5.74, 6) is -0.346. The van der Waals surface area contributed by atoms with Gasteiger partial charge in [-0.15, -0.1) is 0 Å². The second kappa shape index (κ2) is 7.58. The predicted octanol–water partition coefficient (Wildman–Crippen LogP) is 4.67. The van der Waals surface area contributed by atoms with E-state index in [9.17, 15) is 9.59 Å². The minimum absolute atomic E-state index is 0.0687. The summed E-state index contributed by atoms with van der Waals surface area (Å²) < 4.78 is 0. The van der Waals surface area contributed by atoms with Crippen LogP contribution in [-0.4, -0.2) is 11.7 Å². The van der Waals surface area contributed by atoms with Crippen LogP contribution in [0, 0.1) is 6.92 Å². The van der Waals surface area contributed by atoms with Crippen molar-refractivity contribution >= 4 is 17.4 Å². The Bertz CT molecular complexity index is 883. The monoisotopic (exact) mass is 329 g/mol. The van der Waals surface area contributed by atoms with Gasteiger partial charge < -0.3 is 5.32 Å². The van der Waals surface area contributed by atoms with Crippen molar-refractivity contribution in [1.82, 2.24) is 0 Å². The van der Waals surface area contributed by atoms with E-state index in [4.69, 9.17) is 0 Å². The Kier molecular flexibility index (Phi) is 5.05. The molecule has 1 amide bonds. The van der Waals surface area contributed by atoms with Crippen molar-refractivity contribution in [3.63, 3.8) is 0 Å². The number of amides is 1. The smallest absolute Gasteiger partial charge is 0.256 e. The Morgan fingerprint density at radius 2 is 1.36 bits per heavy atom. The summed E-state index contributed by atoms with van der Waals surface area (Å²) in [6, 6.07) is 24.0. The van der Waals surface area contributed by atoms with Crippen molar-refractivity contribution in [2.75, 3.05) is 5.32 Å². The Labute approximate surface area is 147 Å². The number of ketones is 1. The first-order valence-electron chi connectivity index (χ1n) is 8.17. The molecule has 0 unspecified atom stereocenters. The van der Waals surface area contributed by atoms with E-state index in [2.05, 4.69) is 5.32 Å². The first kappa shape index (κ1) is 16.7. The predicted molar refractivity (Wildman–Crippen MR) is 100 cm³/mol. The van der Waals surface area contributed by atoms with Crippen LogP contribution in [0.25, 0.3) is 0 Å².